The van der Waals surface area contributed by atoms with Gasteiger partial charge in [0.25, 0.3) is 0 Å². The van der Waals surface area contributed by atoms with E-state index in [2.05, 4.69) is 0 Å². The molecule has 1 amide bonds. The molecule has 0 bridgehead atoms. The molecule has 0 saturated carbocycles. The minimum Gasteiger partial charge on any atom is -0.379 e. The van der Waals surface area contributed by atoms with Gasteiger partial charge in [0, 0.05) is 33.2 Å². The fourth-order valence-electron chi connectivity index (χ4n) is 1.19. The number of carbonyl (C=O) groups is 1. The maximum atomic E-state index is 10.5. The molecule has 4 heteroatoms. The molecule has 90 valence electrons. The molecule has 1 rings (SSSR count). The van der Waals surface area contributed by atoms with E-state index in [1.807, 2.05) is 20.9 Å². The van der Waals surface area contributed by atoms with Gasteiger partial charge in [0.2, 0.25) is 5.91 Å². The molecule has 1 fully saturated rings. The molecule has 15 heavy (non-hydrogen) atoms. The normalized spacial score (nSPS) is 15.1. The van der Waals surface area contributed by atoms with Gasteiger partial charge in [0.1, 0.15) is 0 Å². The molecule has 0 aliphatic carbocycles. The molecule has 0 unspecified atom stereocenters. The lowest BCUT2D eigenvalue weighted by molar-refractivity contribution is -0.126. The third kappa shape index (κ3) is 8.39. The summed E-state index contributed by atoms with van der Waals surface area (Å²) in [5.41, 5.74) is 0. The van der Waals surface area contributed by atoms with Crippen LogP contribution in [0.2, 0.25) is 0 Å². The van der Waals surface area contributed by atoms with Gasteiger partial charge in [-0.05, 0) is 20.3 Å². The third-order valence-electron chi connectivity index (χ3n) is 2.09. The second kappa shape index (κ2) is 9.93. The van der Waals surface area contributed by atoms with Crippen molar-refractivity contribution in [3.05, 3.63) is 0 Å². The van der Waals surface area contributed by atoms with Gasteiger partial charge in [-0.25, -0.2) is 0 Å². The Kier molecular flexibility index (Phi) is 9.52. The first-order chi connectivity index (χ1) is 7.22. The first-order valence-electron chi connectivity index (χ1n) is 5.61. The number of hydrogen-bond donors (Lipinski definition) is 0. The quantitative estimate of drug-likeness (QED) is 0.651. The van der Waals surface area contributed by atoms with Crippen LogP contribution in [0.4, 0.5) is 0 Å². The van der Waals surface area contributed by atoms with Crippen molar-refractivity contribution in [3.8, 4) is 0 Å². The molecule has 0 aromatic carbocycles. The van der Waals surface area contributed by atoms with Gasteiger partial charge in [-0.1, -0.05) is 0 Å². The molecular weight excluding hydrogens is 194 g/mol. The highest BCUT2D eigenvalue weighted by molar-refractivity contribution is 5.77. The SMILES string of the molecule is CCOCCOCC.CN1CCCC1=O. The lowest BCUT2D eigenvalue weighted by Gasteiger charge is -2.03. The molecule has 0 aromatic heterocycles. The molecule has 0 aromatic rings. The summed E-state index contributed by atoms with van der Waals surface area (Å²) in [5.74, 6) is 0.292. The van der Waals surface area contributed by atoms with Gasteiger partial charge in [0.15, 0.2) is 0 Å². The van der Waals surface area contributed by atoms with Crippen molar-refractivity contribution < 1.29 is 14.3 Å². The van der Waals surface area contributed by atoms with Crippen molar-refractivity contribution >= 4 is 5.91 Å². The summed E-state index contributed by atoms with van der Waals surface area (Å²) in [5, 5.41) is 0. The zero-order valence-electron chi connectivity index (χ0n) is 10.1. The van der Waals surface area contributed by atoms with Crippen LogP contribution in [0.1, 0.15) is 26.7 Å². The lowest BCUT2D eigenvalue weighted by Crippen LogP contribution is -2.17. The Morgan fingerprint density at radius 3 is 1.93 bits per heavy atom. The number of ether oxygens (including phenoxy) is 2. The maximum absolute atomic E-state index is 10.5. The topological polar surface area (TPSA) is 38.8 Å². The summed E-state index contributed by atoms with van der Waals surface area (Å²) >= 11 is 0. The van der Waals surface area contributed by atoms with E-state index in [4.69, 9.17) is 9.47 Å². The van der Waals surface area contributed by atoms with E-state index in [1.54, 1.807) is 4.90 Å². The monoisotopic (exact) mass is 217 g/mol. The molecular formula is C11H23NO3. The highest BCUT2D eigenvalue weighted by atomic mass is 16.5. The Hall–Kier alpha value is -0.610. The number of likely N-dealkylation sites (tertiary alicyclic amines) is 1. The molecule has 1 aliphatic heterocycles. The number of rotatable bonds is 5. The van der Waals surface area contributed by atoms with Crippen LogP contribution in [0.25, 0.3) is 0 Å². The first-order valence-corrected chi connectivity index (χ1v) is 5.61. The van der Waals surface area contributed by atoms with Gasteiger partial charge >= 0.3 is 0 Å². The summed E-state index contributed by atoms with van der Waals surface area (Å²) < 4.78 is 10.0. The summed E-state index contributed by atoms with van der Waals surface area (Å²) in [7, 11) is 1.84. The molecule has 1 aliphatic rings. The lowest BCUT2D eigenvalue weighted by atomic mass is 10.4. The fourth-order valence-corrected chi connectivity index (χ4v) is 1.19. The molecule has 0 atom stereocenters. The summed E-state index contributed by atoms with van der Waals surface area (Å²) in [6.45, 7) is 7.94. The Bertz CT molecular complexity index is 156. The summed E-state index contributed by atoms with van der Waals surface area (Å²) in [4.78, 5) is 12.3. The number of amides is 1. The molecule has 0 radical (unpaired) electrons. The second-order valence-corrected chi connectivity index (χ2v) is 3.31. The second-order valence-electron chi connectivity index (χ2n) is 3.31. The number of hydrogen-bond acceptors (Lipinski definition) is 3. The smallest absolute Gasteiger partial charge is 0.222 e. The Labute approximate surface area is 92.5 Å². The van der Waals surface area contributed by atoms with E-state index in [-0.39, 0.29) is 0 Å². The highest BCUT2D eigenvalue weighted by Crippen LogP contribution is 2.04. The average Bonchev–Trinajstić information content (AvgIpc) is 2.60. The van der Waals surface area contributed by atoms with Crippen molar-refractivity contribution in [2.24, 2.45) is 0 Å². The molecule has 0 spiro atoms. The van der Waals surface area contributed by atoms with E-state index in [9.17, 15) is 4.79 Å². The molecule has 1 heterocycles. The fraction of sp³-hybridized carbons (Fsp3) is 0.909. The average molecular weight is 217 g/mol. The molecule has 0 N–H and O–H groups in total. The van der Waals surface area contributed by atoms with Crippen LogP contribution >= 0.6 is 0 Å². The van der Waals surface area contributed by atoms with Crippen molar-refractivity contribution in [2.75, 3.05) is 40.0 Å². The highest BCUT2D eigenvalue weighted by Gasteiger charge is 2.14. The number of nitrogens with zero attached hydrogens (tertiary/aromatic N) is 1. The first kappa shape index (κ1) is 14.4. The Balaban J connectivity index is 0.000000262. The van der Waals surface area contributed by atoms with Crippen LogP contribution in [-0.4, -0.2) is 50.8 Å². The Morgan fingerprint density at radius 1 is 1.20 bits per heavy atom. The van der Waals surface area contributed by atoms with Crippen LogP contribution in [-0.2, 0) is 14.3 Å². The van der Waals surface area contributed by atoms with Crippen LogP contribution < -0.4 is 0 Å². The number of carbonyl (C=O) groups excluding carboxylic acids is 1. The zero-order chi connectivity index (χ0) is 11.5. The Morgan fingerprint density at radius 2 is 1.73 bits per heavy atom. The van der Waals surface area contributed by atoms with Gasteiger partial charge < -0.3 is 14.4 Å². The summed E-state index contributed by atoms with van der Waals surface area (Å²) in [6.07, 6.45) is 1.81. The summed E-state index contributed by atoms with van der Waals surface area (Å²) in [6, 6.07) is 0. The predicted octanol–water partition coefficient (Wildman–Crippen LogP) is 1.30. The van der Waals surface area contributed by atoms with Crippen LogP contribution in [0.5, 0.6) is 0 Å². The maximum Gasteiger partial charge on any atom is 0.222 e. The van der Waals surface area contributed by atoms with E-state index in [1.165, 1.54) is 0 Å². The van der Waals surface area contributed by atoms with Crippen molar-refractivity contribution in [1.29, 1.82) is 0 Å². The van der Waals surface area contributed by atoms with Crippen LogP contribution in [0.15, 0.2) is 0 Å². The van der Waals surface area contributed by atoms with Crippen molar-refractivity contribution in [3.63, 3.8) is 0 Å². The van der Waals surface area contributed by atoms with Crippen LogP contribution in [0.3, 0.4) is 0 Å². The minimum atomic E-state index is 0.292. The zero-order valence-corrected chi connectivity index (χ0v) is 10.1. The molecule has 4 nitrogen and oxygen atoms in total. The van der Waals surface area contributed by atoms with Gasteiger partial charge in [-0.2, -0.15) is 0 Å². The standard InChI is InChI=1S/C6H14O2.C5H9NO/c1-3-7-5-6-8-4-2;1-6-4-2-3-5(6)7/h3-6H2,1-2H3;2-4H2,1H3. The van der Waals surface area contributed by atoms with E-state index in [0.29, 0.717) is 5.91 Å². The molecule has 1 saturated heterocycles. The third-order valence-corrected chi connectivity index (χ3v) is 2.09. The van der Waals surface area contributed by atoms with Gasteiger partial charge in [-0.3, -0.25) is 4.79 Å². The largest absolute Gasteiger partial charge is 0.379 e. The minimum absolute atomic E-state index is 0.292. The van der Waals surface area contributed by atoms with E-state index in [0.717, 1.165) is 45.8 Å². The van der Waals surface area contributed by atoms with E-state index < -0.39 is 0 Å². The van der Waals surface area contributed by atoms with Crippen LogP contribution in [0, 0.1) is 0 Å². The van der Waals surface area contributed by atoms with Gasteiger partial charge in [-0.15, -0.1) is 0 Å². The van der Waals surface area contributed by atoms with E-state index >= 15 is 0 Å². The van der Waals surface area contributed by atoms with Crippen molar-refractivity contribution in [2.45, 2.75) is 26.7 Å². The van der Waals surface area contributed by atoms with Gasteiger partial charge in [0.05, 0.1) is 13.2 Å². The van der Waals surface area contributed by atoms with Crippen molar-refractivity contribution in [1.82, 2.24) is 4.90 Å². The predicted molar refractivity (Wildman–Crippen MR) is 59.9 cm³/mol.